The molecule has 0 aromatic rings. The zero-order chi connectivity index (χ0) is 22.7. The third-order valence-corrected chi connectivity index (χ3v) is 5.91. The van der Waals surface area contributed by atoms with Crippen molar-refractivity contribution < 1.29 is 35.8 Å². The lowest BCUT2D eigenvalue weighted by atomic mass is 10.3. The molecule has 3 unspecified atom stereocenters. The number of nitrogens with one attached hydrogen (secondary N) is 3. The van der Waals surface area contributed by atoms with E-state index in [1.54, 1.807) is 13.8 Å². The topological polar surface area (TPSA) is 149 Å². The van der Waals surface area contributed by atoms with Crippen molar-refractivity contribution in [2.24, 2.45) is 0 Å². The largest absolute Gasteiger partial charge is 0.377 e. The molecule has 0 bridgehead atoms. The fourth-order valence-electron chi connectivity index (χ4n) is 1.89. The SMILES string of the molecule is C=C(C)C(=O)NC(C)COCCOCC(C)OCC(C)NS(=O)(=O)NS(C)(=O)=O. The number of ether oxygens (including phenoxy) is 3. The van der Waals surface area contributed by atoms with Gasteiger partial charge >= 0.3 is 0 Å². The van der Waals surface area contributed by atoms with Gasteiger partial charge in [-0.15, -0.1) is 0 Å². The highest BCUT2D eigenvalue weighted by atomic mass is 32.3. The van der Waals surface area contributed by atoms with Gasteiger partial charge in [-0.1, -0.05) is 10.7 Å². The minimum absolute atomic E-state index is 0.0334. The van der Waals surface area contributed by atoms with Crippen LogP contribution in [0.4, 0.5) is 0 Å². The molecule has 0 aromatic carbocycles. The average Bonchev–Trinajstić information content (AvgIpc) is 2.53. The van der Waals surface area contributed by atoms with Crippen LogP contribution < -0.4 is 14.2 Å². The molecule has 0 saturated carbocycles. The number of rotatable bonds is 16. The van der Waals surface area contributed by atoms with E-state index in [0.717, 1.165) is 6.26 Å². The maximum Gasteiger partial charge on any atom is 0.290 e. The highest BCUT2D eigenvalue weighted by Gasteiger charge is 2.19. The molecule has 1 amide bonds. The first-order chi connectivity index (χ1) is 13.2. The molecule has 3 atom stereocenters. The highest BCUT2D eigenvalue weighted by Crippen LogP contribution is 1.97. The van der Waals surface area contributed by atoms with E-state index >= 15 is 0 Å². The third-order valence-electron chi connectivity index (χ3n) is 3.11. The second-order valence-electron chi connectivity index (χ2n) is 6.83. The van der Waals surface area contributed by atoms with Crippen molar-refractivity contribution in [3.63, 3.8) is 0 Å². The molecule has 0 rings (SSSR count). The summed E-state index contributed by atoms with van der Waals surface area (Å²) in [5.41, 5.74) is 0.433. The zero-order valence-corrected chi connectivity index (χ0v) is 19.2. The van der Waals surface area contributed by atoms with Gasteiger partial charge in [0, 0.05) is 17.7 Å². The Hall–Kier alpha value is -1.09. The minimum Gasteiger partial charge on any atom is -0.377 e. The van der Waals surface area contributed by atoms with Gasteiger partial charge in [0.2, 0.25) is 15.9 Å². The Bertz CT molecular complexity index is 724. The van der Waals surface area contributed by atoms with E-state index < -0.39 is 26.3 Å². The zero-order valence-electron chi connectivity index (χ0n) is 17.6. The normalized spacial score (nSPS) is 15.5. The molecule has 3 N–H and O–H groups in total. The van der Waals surface area contributed by atoms with E-state index in [4.69, 9.17) is 14.2 Å². The van der Waals surface area contributed by atoms with Crippen molar-refractivity contribution in [3.8, 4) is 0 Å². The molecular formula is C16H33N3O8S2. The van der Waals surface area contributed by atoms with Crippen LogP contribution in [0, 0.1) is 0 Å². The number of carbonyl (C=O) groups excluding carboxylic acids is 1. The smallest absolute Gasteiger partial charge is 0.290 e. The highest BCUT2D eigenvalue weighted by molar-refractivity contribution is 8.03. The third kappa shape index (κ3) is 16.4. The van der Waals surface area contributed by atoms with Crippen molar-refractivity contribution in [3.05, 3.63) is 12.2 Å². The summed E-state index contributed by atoms with van der Waals surface area (Å²) in [6, 6.07) is -0.792. The van der Waals surface area contributed by atoms with Crippen LogP contribution in [-0.4, -0.2) is 80.2 Å². The monoisotopic (exact) mass is 459 g/mol. The quantitative estimate of drug-likeness (QED) is 0.202. The van der Waals surface area contributed by atoms with Crippen LogP contribution in [0.3, 0.4) is 0 Å². The molecule has 0 aliphatic heterocycles. The van der Waals surface area contributed by atoms with Crippen LogP contribution in [0.25, 0.3) is 0 Å². The maximum atomic E-state index is 11.6. The van der Waals surface area contributed by atoms with Gasteiger partial charge in [0.1, 0.15) is 0 Å². The van der Waals surface area contributed by atoms with Crippen molar-refractivity contribution in [1.29, 1.82) is 0 Å². The molecule has 0 spiro atoms. The van der Waals surface area contributed by atoms with Gasteiger partial charge in [0.15, 0.2) is 0 Å². The molecule has 0 saturated heterocycles. The first-order valence-electron chi connectivity index (χ1n) is 8.96. The van der Waals surface area contributed by atoms with E-state index in [1.165, 1.54) is 11.1 Å². The summed E-state index contributed by atoms with van der Waals surface area (Å²) in [4.78, 5) is 11.4. The molecule has 0 fully saturated rings. The number of carbonyl (C=O) groups is 1. The van der Waals surface area contributed by atoms with Gasteiger partial charge < -0.3 is 19.5 Å². The van der Waals surface area contributed by atoms with Crippen LogP contribution in [0.5, 0.6) is 0 Å². The van der Waals surface area contributed by atoms with Crippen LogP contribution in [0.1, 0.15) is 27.7 Å². The van der Waals surface area contributed by atoms with Crippen molar-refractivity contribution in [1.82, 2.24) is 14.2 Å². The van der Waals surface area contributed by atoms with E-state index in [2.05, 4.69) is 16.6 Å². The summed E-state index contributed by atoms with van der Waals surface area (Å²) in [5.74, 6) is -0.216. The lowest BCUT2D eigenvalue weighted by molar-refractivity contribution is -0.118. The van der Waals surface area contributed by atoms with Crippen molar-refractivity contribution in [2.75, 3.05) is 39.3 Å². The van der Waals surface area contributed by atoms with Crippen LogP contribution in [0.15, 0.2) is 12.2 Å². The van der Waals surface area contributed by atoms with E-state index in [-0.39, 0.29) is 31.3 Å². The van der Waals surface area contributed by atoms with Crippen LogP contribution in [-0.2, 0) is 39.2 Å². The predicted octanol–water partition coefficient (Wildman–Crippen LogP) is -0.722. The predicted molar refractivity (Wildman–Crippen MR) is 109 cm³/mol. The summed E-state index contributed by atoms with van der Waals surface area (Å²) in [6.07, 6.45) is 0.439. The lowest BCUT2D eigenvalue weighted by Crippen LogP contribution is -2.45. The number of hydrogen-bond acceptors (Lipinski definition) is 8. The molecule has 0 aliphatic rings. The number of amides is 1. The Labute approximate surface area is 173 Å². The van der Waals surface area contributed by atoms with Crippen LogP contribution >= 0.6 is 0 Å². The fourth-order valence-corrected chi connectivity index (χ4v) is 4.28. The average molecular weight is 460 g/mol. The van der Waals surface area contributed by atoms with E-state index in [9.17, 15) is 21.6 Å². The van der Waals surface area contributed by atoms with Crippen molar-refractivity contribution in [2.45, 2.75) is 45.9 Å². The molecular weight excluding hydrogens is 426 g/mol. The van der Waals surface area contributed by atoms with E-state index in [0.29, 0.717) is 25.4 Å². The molecule has 13 heteroatoms. The maximum absolute atomic E-state index is 11.6. The molecule has 11 nitrogen and oxygen atoms in total. The summed E-state index contributed by atoms with van der Waals surface area (Å²) in [6.45, 7) is 11.6. The van der Waals surface area contributed by atoms with Crippen molar-refractivity contribution >= 4 is 26.1 Å². The Morgan fingerprint density at radius 3 is 2.03 bits per heavy atom. The van der Waals surface area contributed by atoms with Gasteiger partial charge in [0.05, 0.1) is 45.4 Å². The molecule has 172 valence electrons. The fraction of sp³-hybridized carbons (Fsp3) is 0.812. The Kier molecular flexibility index (Phi) is 12.8. The Balaban J connectivity index is 3.88. The number of hydrogen-bond donors (Lipinski definition) is 3. The molecule has 0 heterocycles. The van der Waals surface area contributed by atoms with E-state index in [1.807, 2.05) is 6.92 Å². The first kappa shape index (κ1) is 27.9. The number of sulfonamides is 1. The van der Waals surface area contributed by atoms with Gasteiger partial charge in [0.25, 0.3) is 10.2 Å². The Morgan fingerprint density at radius 1 is 0.966 bits per heavy atom. The Morgan fingerprint density at radius 2 is 1.52 bits per heavy atom. The summed E-state index contributed by atoms with van der Waals surface area (Å²) >= 11 is 0. The van der Waals surface area contributed by atoms with Gasteiger partial charge in [-0.05, 0) is 27.7 Å². The molecule has 0 radical (unpaired) electrons. The van der Waals surface area contributed by atoms with Gasteiger partial charge in [-0.2, -0.15) is 13.1 Å². The second-order valence-corrected chi connectivity index (χ2v) is 10.3. The minimum atomic E-state index is -4.18. The standard InChI is InChI=1S/C16H33N3O8S2/c1-12(2)16(20)17-13(3)9-25-7-8-26-11-15(5)27-10-14(4)18-29(23,24)19-28(6,21)22/h13-15,18-19H,1,7-11H2,2-6H3,(H,17,20). The van der Waals surface area contributed by atoms with Crippen LogP contribution in [0.2, 0.25) is 0 Å². The van der Waals surface area contributed by atoms with Gasteiger partial charge in [-0.3, -0.25) is 4.79 Å². The summed E-state index contributed by atoms with van der Waals surface area (Å²) in [7, 11) is -8.07. The first-order valence-corrected chi connectivity index (χ1v) is 12.3. The summed E-state index contributed by atoms with van der Waals surface area (Å²) < 4.78 is 65.1. The lowest BCUT2D eigenvalue weighted by Gasteiger charge is -2.18. The molecule has 0 aliphatic carbocycles. The molecule has 29 heavy (non-hydrogen) atoms. The molecule has 0 aromatic heterocycles. The van der Waals surface area contributed by atoms with Gasteiger partial charge in [-0.25, -0.2) is 8.42 Å². The summed E-state index contributed by atoms with van der Waals surface area (Å²) in [5, 5.41) is 2.73. The second kappa shape index (κ2) is 13.3.